The van der Waals surface area contributed by atoms with Crippen LogP contribution in [0.15, 0.2) is 72.9 Å². The monoisotopic (exact) mass is 907 g/mol. The van der Waals surface area contributed by atoms with E-state index in [0.717, 1.165) is 83.5 Å². The molecular formula is C59H102O6. The van der Waals surface area contributed by atoms with E-state index in [0.29, 0.717) is 19.3 Å². The predicted octanol–water partition coefficient (Wildman–Crippen LogP) is 18.2. The van der Waals surface area contributed by atoms with Crippen LogP contribution in [0.2, 0.25) is 0 Å². The Balaban J connectivity index is 4.41. The highest BCUT2D eigenvalue weighted by atomic mass is 16.6. The van der Waals surface area contributed by atoms with E-state index < -0.39 is 6.10 Å². The number of carbonyl (C=O) groups is 3. The van der Waals surface area contributed by atoms with Crippen LogP contribution in [0.5, 0.6) is 0 Å². The normalized spacial score (nSPS) is 12.6. The average Bonchev–Trinajstić information content (AvgIpc) is 3.30. The zero-order chi connectivity index (χ0) is 47.2. The molecule has 0 aliphatic carbocycles. The summed E-state index contributed by atoms with van der Waals surface area (Å²) in [5.41, 5.74) is 0. The highest BCUT2D eigenvalue weighted by Gasteiger charge is 2.19. The first-order chi connectivity index (χ1) is 32.0. The molecule has 0 bridgehead atoms. The number of unbranched alkanes of at least 4 members (excludes halogenated alkanes) is 29. The van der Waals surface area contributed by atoms with Gasteiger partial charge < -0.3 is 14.2 Å². The molecule has 0 saturated heterocycles. The summed E-state index contributed by atoms with van der Waals surface area (Å²) in [6.45, 7) is 6.45. The lowest BCUT2D eigenvalue weighted by Crippen LogP contribution is -2.30. The van der Waals surface area contributed by atoms with Crippen molar-refractivity contribution in [3.63, 3.8) is 0 Å². The number of hydrogen-bond donors (Lipinski definition) is 0. The van der Waals surface area contributed by atoms with Crippen molar-refractivity contribution in [1.29, 1.82) is 0 Å². The van der Waals surface area contributed by atoms with Gasteiger partial charge in [0.05, 0.1) is 0 Å². The summed E-state index contributed by atoms with van der Waals surface area (Å²) in [6, 6.07) is 0. The van der Waals surface area contributed by atoms with Gasteiger partial charge in [0.1, 0.15) is 13.2 Å². The van der Waals surface area contributed by atoms with Crippen LogP contribution in [0.1, 0.15) is 265 Å². The Labute approximate surface area is 402 Å². The van der Waals surface area contributed by atoms with Crippen LogP contribution in [0, 0.1) is 0 Å². The molecule has 0 spiro atoms. The Morgan fingerprint density at radius 3 is 1.11 bits per heavy atom. The van der Waals surface area contributed by atoms with E-state index in [4.69, 9.17) is 14.2 Å². The van der Waals surface area contributed by atoms with E-state index in [9.17, 15) is 14.4 Å². The molecule has 0 aliphatic rings. The van der Waals surface area contributed by atoms with E-state index >= 15 is 0 Å². The number of esters is 3. The summed E-state index contributed by atoms with van der Waals surface area (Å²) in [5, 5.41) is 0. The van der Waals surface area contributed by atoms with Crippen LogP contribution < -0.4 is 0 Å². The second-order valence-electron chi connectivity index (χ2n) is 18.2. The fourth-order valence-corrected chi connectivity index (χ4v) is 7.66. The number of ether oxygens (including phenoxy) is 3. The molecule has 6 nitrogen and oxygen atoms in total. The summed E-state index contributed by atoms with van der Waals surface area (Å²) >= 11 is 0. The minimum atomic E-state index is -0.793. The molecule has 0 saturated carbocycles. The highest BCUT2D eigenvalue weighted by Crippen LogP contribution is 2.16. The molecule has 1 unspecified atom stereocenters. The standard InChI is InChI=1S/C59H102O6/c1-4-7-10-13-16-19-22-25-27-29-31-34-37-40-43-46-49-52-58(61)64-55-56(54-63-57(60)51-48-45-42-39-36-33-24-21-18-15-12-9-6-3)65-59(62)53-50-47-44-41-38-35-32-30-28-26-23-20-17-14-11-8-5-2/h9,12,15-16,18-19,21,24-25,27,33,36,56H,4-8,10-11,13-14,17,20,22-23,26,28-32,34-35,37-55H2,1-3H3/b12-9+,18-15+,19-16+,24-21+,27-25+,36-33+. The smallest absolute Gasteiger partial charge is 0.306 e. The van der Waals surface area contributed by atoms with Gasteiger partial charge in [0, 0.05) is 19.3 Å². The van der Waals surface area contributed by atoms with Gasteiger partial charge in [-0.2, -0.15) is 0 Å². The Hall–Kier alpha value is -3.15. The molecule has 0 radical (unpaired) electrons. The molecule has 65 heavy (non-hydrogen) atoms. The fourth-order valence-electron chi connectivity index (χ4n) is 7.66. The van der Waals surface area contributed by atoms with Gasteiger partial charge in [0.15, 0.2) is 6.10 Å². The Morgan fingerprint density at radius 1 is 0.338 bits per heavy atom. The van der Waals surface area contributed by atoms with Crippen molar-refractivity contribution >= 4 is 17.9 Å². The maximum atomic E-state index is 12.8. The molecule has 0 N–H and O–H groups in total. The second kappa shape index (κ2) is 53.5. The Bertz CT molecular complexity index is 1230. The molecule has 0 aliphatic heterocycles. The summed E-state index contributed by atoms with van der Waals surface area (Å²) in [5.74, 6) is -0.930. The molecule has 0 aromatic heterocycles. The molecule has 0 aromatic rings. The molecular weight excluding hydrogens is 805 g/mol. The van der Waals surface area contributed by atoms with Gasteiger partial charge in [-0.1, -0.05) is 248 Å². The van der Waals surface area contributed by atoms with Crippen molar-refractivity contribution in [3.8, 4) is 0 Å². The lowest BCUT2D eigenvalue weighted by molar-refractivity contribution is -0.167. The molecule has 0 fully saturated rings. The van der Waals surface area contributed by atoms with E-state index in [1.165, 1.54) is 141 Å². The van der Waals surface area contributed by atoms with E-state index in [-0.39, 0.29) is 31.1 Å². The molecule has 0 aromatic carbocycles. The van der Waals surface area contributed by atoms with Gasteiger partial charge in [-0.15, -0.1) is 0 Å². The van der Waals surface area contributed by atoms with Gasteiger partial charge in [0.25, 0.3) is 0 Å². The first kappa shape index (κ1) is 61.9. The molecule has 0 heterocycles. The third-order valence-electron chi connectivity index (χ3n) is 11.8. The van der Waals surface area contributed by atoms with Crippen LogP contribution in [0.4, 0.5) is 0 Å². The van der Waals surface area contributed by atoms with Crippen molar-refractivity contribution in [3.05, 3.63) is 72.9 Å². The van der Waals surface area contributed by atoms with Crippen molar-refractivity contribution < 1.29 is 28.6 Å². The summed E-state index contributed by atoms with van der Waals surface area (Å²) < 4.78 is 16.8. The topological polar surface area (TPSA) is 78.9 Å². The second-order valence-corrected chi connectivity index (χ2v) is 18.2. The molecule has 374 valence electrons. The zero-order valence-electron chi connectivity index (χ0n) is 42.7. The quantitative estimate of drug-likeness (QED) is 0.0199. The lowest BCUT2D eigenvalue weighted by atomic mass is 10.0. The third-order valence-corrected chi connectivity index (χ3v) is 11.8. The predicted molar refractivity (Wildman–Crippen MR) is 279 cm³/mol. The first-order valence-corrected chi connectivity index (χ1v) is 27.5. The Kier molecular flexibility index (Phi) is 50.9. The Morgan fingerprint density at radius 2 is 0.662 bits per heavy atom. The van der Waals surface area contributed by atoms with Crippen molar-refractivity contribution in [2.45, 2.75) is 271 Å². The van der Waals surface area contributed by atoms with E-state index in [2.05, 4.69) is 63.3 Å². The largest absolute Gasteiger partial charge is 0.462 e. The van der Waals surface area contributed by atoms with Gasteiger partial charge >= 0.3 is 17.9 Å². The first-order valence-electron chi connectivity index (χ1n) is 27.5. The lowest BCUT2D eigenvalue weighted by Gasteiger charge is -2.18. The van der Waals surface area contributed by atoms with Gasteiger partial charge in [0.2, 0.25) is 0 Å². The number of rotatable bonds is 49. The molecule has 1 atom stereocenters. The zero-order valence-corrected chi connectivity index (χ0v) is 42.7. The van der Waals surface area contributed by atoms with Crippen molar-refractivity contribution in [2.24, 2.45) is 0 Å². The molecule has 0 rings (SSSR count). The maximum Gasteiger partial charge on any atom is 0.306 e. The van der Waals surface area contributed by atoms with Gasteiger partial charge in [-0.3, -0.25) is 14.4 Å². The number of hydrogen-bond acceptors (Lipinski definition) is 6. The van der Waals surface area contributed by atoms with E-state index in [1.807, 2.05) is 30.4 Å². The van der Waals surface area contributed by atoms with Gasteiger partial charge in [-0.05, 0) is 70.6 Å². The number of carbonyl (C=O) groups excluding carboxylic acids is 3. The third kappa shape index (κ3) is 51.7. The van der Waals surface area contributed by atoms with Crippen LogP contribution in [-0.4, -0.2) is 37.2 Å². The van der Waals surface area contributed by atoms with Crippen LogP contribution in [-0.2, 0) is 28.6 Å². The average molecular weight is 907 g/mol. The number of allylic oxidation sites excluding steroid dienone is 12. The summed E-state index contributed by atoms with van der Waals surface area (Å²) in [6.07, 6.45) is 67.5. The highest BCUT2D eigenvalue weighted by molar-refractivity contribution is 5.71. The minimum absolute atomic E-state index is 0.0907. The summed E-state index contributed by atoms with van der Waals surface area (Å²) in [4.78, 5) is 38.1. The van der Waals surface area contributed by atoms with Crippen LogP contribution in [0.3, 0.4) is 0 Å². The van der Waals surface area contributed by atoms with Crippen LogP contribution in [0.25, 0.3) is 0 Å². The van der Waals surface area contributed by atoms with Crippen molar-refractivity contribution in [1.82, 2.24) is 0 Å². The summed E-state index contributed by atoms with van der Waals surface area (Å²) in [7, 11) is 0. The fraction of sp³-hybridized carbons (Fsp3) is 0.746. The molecule has 6 heteroatoms. The maximum absolute atomic E-state index is 12.8. The minimum Gasteiger partial charge on any atom is -0.462 e. The van der Waals surface area contributed by atoms with E-state index in [1.54, 1.807) is 0 Å². The van der Waals surface area contributed by atoms with Crippen LogP contribution >= 0.6 is 0 Å². The SMILES string of the molecule is CC/C=C/C=C/C=C/C=C/CCCCCC(=O)OCC(COC(=O)CCCCCCCCC/C=C/C/C=C/CCCCC)OC(=O)CCCCCCCCCCCCCCCCCCC. The van der Waals surface area contributed by atoms with Gasteiger partial charge in [-0.25, -0.2) is 0 Å². The molecule has 0 amide bonds. The van der Waals surface area contributed by atoms with Crippen molar-refractivity contribution in [2.75, 3.05) is 13.2 Å².